The van der Waals surface area contributed by atoms with E-state index in [9.17, 15) is 9.59 Å². The molecule has 9 nitrogen and oxygen atoms in total. The molecule has 32 heavy (non-hydrogen) atoms. The van der Waals surface area contributed by atoms with Crippen molar-refractivity contribution in [3.8, 4) is 11.5 Å². The molecule has 1 N–H and O–H groups in total. The molecule has 3 aromatic heterocycles. The van der Waals surface area contributed by atoms with Crippen LogP contribution in [0.2, 0.25) is 5.02 Å². The third-order valence-electron chi connectivity index (χ3n) is 4.93. The van der Waals surface area contributed by atoms with Crippen LogP contribution in [0.4, 0.5) is 10.8 Å². The van der Waals surface area contributed by atoms with Gasteiger partial charge in [0.15, 0.2) is 16.4 Å². The first-order valence-corrected chi connectivity index (χ1v) is 11.1. The molecule has 0 radical (unpaired) electrons. The predicted molar refractivity (Wildman–Crippen MR) is 122 cm³/mol. The summed E-state index contributed by atoms with van der Waals surface area (Å²) in [6.07, 6.45) is 1.54. The highest BCUT2D eigenvalue weighted by molar-refractivity contribution is 7.22. The number of fused-ring (bicyclic) bond motifs is 1. The van der Waals surface area contributed by atoms with Crippen molar-refractivity contribution in [1.29, 1.82) is 0 Å². The summed E-state index contributed by atoms with van der Waals surface area (Å²) in [5, 5.41) is 8.40. The Morgan fingerprint density at radius 3 is 2.81 bits per heavy atom. The summed E-state index contributed by atoms with van der Waals surface area (Å²) in [6, 6.07) is 10.3. The molecule has 0 bridgehead atoms. The zero-order valence-electron chi connectivity index (χ0n) is 16.8. The number of halogens is 1. The molecule has 4 heterocycles. The van der Waals surface area contributed by atoms with E-state index >= 15 is 0 Å². The first-order valence-electron chi connectivity index (χ1n) is 9.92. The van der Waals surface area contributed by atoms with Crippen molar-refractivity contribution >= 4 is 49.9 Å². The summed E-state index contributed by atoms with van der Waals surface area (Å²) in [5.41, 5.74) is 0.823. The Labute approximate surface area is 191 Å². The maximum atomic E-state index is 13.2. The van der Waals surface area contributed by atoms with Gasteiger partial charge in [0.2, 0.25) is 5.91 Å². The minimum atomic E-state index is -0.438. The summed E-state index contributed by atoms with van der Waals surface area (Å²) in [5.74, 6) is 0.0893. The SMILES string of the molecule is O=C(Cn1nc(-c2ccco2)c2sc(N3CCOCC3)nc2c1=O)Nc1cccc(Cl)c1. The second kappa shape index (κ2) is 8.73. The normalized spacial score (nSPS) is 14.1. The van der Waals surface area contributed by atoms with Gasteiger partial charge in [-0.05, 0) is 30.3 Å². The minimum absolute atomic E-state index is 0.258. The number of benzene rings is 1. The molecule has 0 spiro atoms. The van der Waals surface area contributed by atoms with Crippen LogP contribution < -0.4 is 15.8 Å². The maximum Gasteiger partial charge on any atom is 0.294 e. The Morgan fingerprint density at radius 1 is 1.22 bits per heavy atom. The van der Waals surface area contributed by atoms with Crippen molar-refractivity contribution in [2.75, 3.05) is 36.5 Å². The number of morpholine rings is 1. The fourth-order valence-electron chi connectivity index (χ4n) is 3.42. The highest BCUT2D eigenvalue weighted by Crippen LogP contribution is 2.34. The van der Waals surface area contributed by atoms with Gasteiger partial charge in [0, 0.05) is 23.8 Å². The Morgan fingerprint density at radius 2 is 2.06 bits per heavy atom. The lowest BCUT2D eigenvalue weighted by molar-refractivity contribution is -0.117. The van der Waals surface area contributed by atoms with Crippen LogP contribution in [0.3, 0.4) is 0 Å². The van der Waals surface area contributed by atoms with Crippen molar-refractivity contribution in [3.05, 3.63) is 58.0 Å². The number of furan rings is 1. The Hall–Kier alpha value is -3.21. The first kappa shape index (κ1) is 20.7. The molecule has 1 amide bonds. The molecule has 0 atom stereocenters. The van der Waals surface area contributed by atoms with Gasteiger partial charge in [0.1, 0.15) is 12.2 Å². The van der Waals surface area contributed by atoms with E-state index in [1.165, 1.54) is 17.6 Å². The second-order valence-corrected chi connectivity index (χ2v) is 8.53. The molecular weight excluding hydrogens is 454 g/mol. The van der Waals surface area contributed by atoms with Crippen molar-refractivity contribution in [2.45, 2.75) is 6.54 Å². The molecule has 0 aliphatic carbocycles. The molecule has 1 fully saturated rings. The molecule has 1 aliphatic heterocycles. The summed E-state index contributed by atoms with van der Waals surface area (Å²) in [4.78, 5) is 32.4. The van der Waals surface area contributed by atoms with Crippen molar-refractivity contribution in [3.63, 3.8) is 0 Å². The van der Waals surface area contributed by atoms with Crippen molar-refractivity contribution < 1.29 is 13.9 Å². The topological polar surface area (TPSA) is 102 Å². The average Bonchev–Trinajstić information content (AvgIpc) is 3.47. The van der Waals surface area contributed by atoms with E-state index in [-0.39, 0.29) is 12.1 Å². The summed E-state index contributed by atoms with van der Waals surface area (Å²) in [7, 11) is 0. The lowest BCUT2D eigenvalue weighted by atomic mass is 10.3. The number of hydrogen-bond donors (Lipinski definition) is 1. The number of anilines is 2. The van der Waals surface area contributed by atoms with Crippen LogP contribution in [0.25, 0.3) is 21.7 Å². The summed E-state index contributed by atoms with van der Waals surface area (Å²) in [6.45, 7) is 2.32. The first-order chi connectivity index (χ1) is 15.6. The average molecular weight is 472 g/mol. The number of carbonyl (C=O) groups is 1. The van der Waals surface area contributed by atoms with Gasteiger partial charge in [0.05, 0.1) is 24.2 Å². The second-order valence-electron chi connectivity index (χ2n) is 7.12. The predicted octanol–water partition coefficient (Wildman–Crippen LogP) is 3.24. The number of hydrogen-bond acceptors (Lipinski definition) is 8. The summed E-state index contributed by atoms with van der Waals surface area (Å²) >= 11 is 7.36. The minimum Gasteiger partial charge on any atom is -0.463 e. The van der Waals surface area contributed by atoms with E-state index in [2.05, 4.69) is 20.3 Å². The van der Waals surface area contributed by atoms with Gasteiger partial charge in [-0.3, -0.25) is 9.59 Å². The highest BCUT2D eigenvalue weighted by Gasteiger charge is 2.23. The van der Waals surface area contributed by atoms with Crippen LogP contribution in [-0.4, -0.2) is 47.0 Å². The molecule has 1 aliphatic rings. The van der Waals surface area contributed by atoms with E-state index in [1.54, 1.807) is 36.4 Å². The molecule has 1 saturated heterocycles. The number of amides is 1. The zero-order chi connectivity index (χ0) is 22.1. The largest absolute Gasteiger partial charge is 0.463 e. The lowest BCUT2D eigenvalue weighted by Gasteiger charge is -2.25. The van der Waals surface area contributed by atoms with Gasteiger partial charge < -0.3 is 19.4 Å². The number of rotatable bonds is 5. The number of ether oxygens (including phenoxy) is 1. The fourth-order valence-corrected chi connectivity index (χ4v) is 4.71. The van der Waals surface area contributed by atoms with Gasteiger partial charge in [0.25, 0.3) is 5.56 Å². The van der Waals surface area contributed by atoms with Gasteiger partial charge in [-0.25, -0.2) is 9.67 Å². The standard InChI is InChI=1S/C21H18ClN5O4S/c22-13-3-1-4-14(11-13)23-16(28)12-27-20(29)18-19(17(25-27)15-5-2-8-31-15)32-21(24-18)26-6-9-30-10-7-26/h1-5,8,11H,6-7,9-10,12H2,(H,23,28). The Balaban J connectivity index is 1.53. The van der Waals surface area contributed by atoms with E-state index in [4.69, 9.17) is 20.8 Å². The zero-order valence-corrected chi connectivity index (χ0v) is 18.4. The van der Waals surface area contributed by atoms with Crippen LogP contribution in [-0.2, 0) is 16.1 Å². The van der Waals surface area contributed by atoms with Crippen LogP contribution in [0, 0.1) is 0 Å². The highest BCUT2D eigenvalue weighted by atomic mass is 35.5. The monoisotopic (exact) mass is 471 g/mol. The Kier molecular flexibility index (Phi) is 5.64. The molecule has 164 valence electrons. The summed E-state index contributed by atoms with van der Waals surface area (Å²) < 4.78 is 12.7. The third kappa shape index (κ3) is 4.12. The van der Waals surface area contributed by atoms with Crippen molar-refractivity contribution in [1.82, 2.24) is 14.8 Å². The van der Waals surface area contributed by atoms with Gasteiger partial charge in [-0.2, -0.15) is 5.10 Å². The Bertz CT molecular complexity index is 1330. The number of carbonyl (C=O) groups excluding carboxylic acids is 1. The maximum absolute atomic E-state index is 13.2. The number of aromatic nitrogens is 3. The van der Waals surface area contributed by atoms with Crippen molar-refractivity contribution in [2.24, 2.45) is 0 Å². The number of nitrogens with one attached hydrogen (secondary N) is 1. The number of thiazole rings is 1. The molecular formula is C21H18ClN5O4S. The molecule has 5 rings (SSSR count). The quantitative estimate of drug-likeness (QED) is 0.476. The lowest BCUT2D eigenvalue weighted by Crippen LogP contribution is -2.36. The van der Waals surface area contributed by atoms with E-state index in [1.807, 2.05) is 0 Å². The van der Waals surface area contributed by atoms with Gasteiger partial charge in [-0.15, -0.1) is 0 Å². The molecule has 11 heteroatoms. The number of nitrogens with zero attached hydrogens (tertiary/aromatic N) is 4. The smallest absolute Gasteiger partial charge is 0.294 e. The van der Waals surface area contributed by atoms with Crippen LogP contribution >= 0.6 is 22.9 Å². The van der Waals surface area contributed by atoms with Crippen LogP contribution in [0.5, 0.6) is 0 Å². The molecule has 4 aromatic rings. The van der Waals surface area contributed by atoms with Crippen LogP contribution in [0.1, 0.15) is 0 Å². The fraction of sp³-hybridized carbons (Fsp3) is 0.238. The van der Waals surface area contributed by atoms with Crippen LogP contribution in [0.15, 0.2) is 51.9 Å². The van der Waals surface area contributed by atoms with E-state index in [0.29, 0.717) is 53.2 Å². The van der Waals surface area contributed by atoms with E-state index in [0.717, 1.165) is 9.81 Å². The van der Waals surface area contributed by atoms with E-state index < -0.39 is 11.5 Å². The van der Waals surface area contributed by atoms with Gasteiger partial charge in [-0.1, -0.05) is 29.0 Å². The third-order valence-corrected chi connectivity index (χ3v) is 6.28. The molecule has 1 aromatic carbocycles. The molecule has 0 saturated carbocycles. The van der Waals surface area contributed by atoms with Gasteiger partial charge >= 0.3 is 0 Å². The molecule has 0 unspecified atom stereocenters.